The Balaban J connectivity index is 0.00000338. The Morgan fingerprint density at radius 2 is 1.73 bits per heavy atom. The molecule has 146 valence electrons. The normalized spacial score (nSPS) is 17.8. The van der Waals surface area contributed by atoms with Gasteiger partial charge in [0.05, 0.1) is 0 Å². The third kappa shape index (κ3) is 5.35. The van der Waals surface area contributed by atoms with Gasteiger partial charge in [-0.2, -0.15) is 13.2 Å². The zero-order valence-electron chi connectivity index (χ0n) is 14.4. The molecule has 1 aliphatic heterocycles. The van der Waals surface area contributed by atoms with E-state index in [1.165, 1.54) is 0 Å². The second kappa shape index (κ2) is 8.73. The number of halogens is 4. The summed E-state index contributed by atoms with van der Waals surface area (Å²) in [5.74, 6) is -2.12. The predicted octanol–water partition coefficient (Wildman–Crippen LogP) is 2.20. The number of piperidine rings is 1. The lowest BCUT2D eigenvalue weighted by molar-refractivity contribution is -0.186. The molecule has 1 heterocycles. The summed E-state index contributed by atoms with van der Waals surface area (Å²) in [6.45, 7) is 2.02. The Morgan fingerprint density at radius 3 is 2.23 bits per heavy atom. The van der Waals surface area contributed by atoms with E-state index in [4.69, 9.17) is 5.73 Å². The first kappa shape index (κ1) is 22.2. The molecule has 2 rings (SSSR count). The van der Waals surface area contributed by atoms with Crippen molar-refractivity contribution in [2.24, 2.45) is 11.7 Å². The molecule has 1 aromatic carbocycles. The second-order valence-electron chi connectivity index (χ2n) is 6.51. The van der Waals surface area contributed by atoms with Crippen molar-refractivity contribution in [3.63, 3.8) is 0 Å². The number of nitrogens with two attached hydrogens (primary N) is 1. The van der Waals surface area contributed by atoms with Gasteiger partial charge in [-0.05, 0) is 31.2 Å². The van der Waals surface area contributed by atoms with Crippen LogP contribution >= 0.6 is 12.4 Å². The average Bonchev–Trinajstić information content (AvgIpc) is 2.59. The topological polar surface area (TPSA) is 75.4 Å². The van der Waals surface area contributed by atoms with Crippen LogP contribution in [0.1, 0.15) is 25.3 Å². The summed E-state index contributed by atoms with van der Waals surface area (Å²) in [4.78, 5) is 24.4. The van der Waals surface area contributed by atoms with E-state index < -0.39 is 17.6 Å². The molecule has 0 radical (unpaired) electrons. The van der Waals surface area contributed by atoms with Gasteiger partial charge in [0, 0.05) is 19.6 Å². The van der Waals surface area contributed by atoms with Gasteiger partial charge in [-0.1, -0.05) is 30.3 Å². The van der Waals surface area contributed by atoms with Crippen molar-refractivity contribution >= 4 is 24.2 Å². The molecule has 0 saturated carbocycles. The molecular weight excluding hydrogens is 371 g/mol. The number of rotatable bonds is 4. The van der Waals surface area contributed by atoms with Crippen molar-refractivity contribution in [3.05, 3.63) is 35.9 Å². The fraction of sp³-hybridized carbons (Fsp3) is 0.529. The number of carbonyl (C=O) groups excluding carboxylic acids is 2. The van der Waals surface area contributed by atoms with Crippen LogP contribution in [-0.2, 0) is 15.1 Å². The number of hydrogen-bond donors (Lipinski definition) is 2. The van der Waals surface area contributed by atoms with Crippen molar-refractivity contribution < 1.29 is 22.8 Å². The fourth-order valence-corrected chi connectivity index (χ4v) is 2.86. The standard InChI is InChI=1S/C17H22F3N3O2.ClH/c1-16(21,13-5-3-2-4-6-13)14(24)22-11-12-7-9-23(10-8-12)15(25)17(18,19)20;/h2-6,12H,7-11,21H2,1H3,(H,22,24);1H. The van der Waals surface area contributed by atoms with Crippen LogP contribution in [0.2, 0.25) is 0 Å². The van der Waals surface area contributed by atoms with Gasteiger partial charge in [-0.25, -0.2) is 0 Å². The highest BCUT2D eigenvalue weighted by molar-refractivity contribution is 5.87. The minimum atomic E-state index is -4.84. The lowest BCUT2D eigenvalue weighted by Gasteiger charge is -2.33. The minimum absolute atomic E-state index is 0. The molecule has 26 heavy (non-hydrogen) atoms. The second-order valence-corrected chi connectivity index (χ2v) is 6.51. The van der Waals surface area contributed by atoms with Gasteiger partial charge in [0.25, 0.3) is 0 Å². The first-order valence-electron chi connectivity index (χ1n) is 8.11. The van der Waals surface area contributed by atoms with Crippen LogP contribution in [0.3, 0.4) is 0 Å². The maximum Gasteiger partial charge on any atom is 0.471 e. The summed E-state index contributed by atoms with van der Waals surface area (Å²) in [6.07, 6.45) is -4.01. The summed E-state index contributed by atoms with van der Waals surface area (Å²) in [5, 5.41) is 2.78. The Kier molecular flexibility index (Phi) is 7.46. The number of carbonyl (C=O) groups is 2. The first-order chi connectivity index (χ1) is 11.6. The average molecular weight is 394 g/mol. The number of likely N-dealkylation sites (tertiary alicyclic amines) is 1. The fourth-order valence-electron chi connectivity index (χ4n) is 2.86. The Morgan fingerprint density at radius 1 is 1.19 bits per heavy atom. The number of benzene rings is 1. The smallest absolute Gasteiger partial charge is 0.354 e. The lowest BCUT2D eigenvalue weighted by Crippen LogP contribution is -2.51. The van der Waals surface area contributed by atoms with Crippen LogP contribution in [-0.4, -0.2) is 42.5 Å². The number of nitrogens with zero attached hydrogens (tertiary/aromatic N) is 1. The monoisotopic (exact) mass is 393 g/mol. The Hall–Kier alpha value is -1.80. The zero-order chi connectivity index (χ0) is 18.7. The number of amides is 2. The van der Waals surface area contributed by atoms with E-state index in [2.05, 4.69) is 5.32 Å². The third-order valence-corrected chi connectivity index (χ3v) is 4.54. The third-order valence-electron chi connectivity index (χ3n) is 4.54. The molecule has 2 amide bonds. The van der Waals surface area contributed by atoms with Gasteiger partial charge in [0.1, 0.15) is 5.54 Å². The van der Waals surface area contributed by atoms with Crippen LogP contribution in [0.25, 0.3) is 0 Å². The van der Waals surface area contributed by atoms with E-state index in [0.717, 1.165) is 4.90 Å². The highest BCUT2D eigenvalue weighted by Gasteiger charge is 2.43. The van der Waals surface area contributed by atoms with E-state index in [0.29, 0.717) is 24.9 Å². The van der Waals surface area contributed by atoms with Crippen molar-refractivity contribution in [3.8, 4) is 0 Å². The number of nitrogens with one attached hydrogen (secondary N) is 1. The molecule has 0 aliphatic carbocycles. The lowest BCUT2D eigenvalue weighted by atomic mass is 9.91. The van der Waals surface area contributed by atoms with E-state index in [9.17, 15) is 22.8 Å². The summed E-state index contributed by atoms with van der Waals surface area (Å²) >= 11 is 0. The molecule has 0 bridgehead atoms. The van der Waals surface area contributed by atoms with Crippen molar-refractivity contribution in [2.45, 2.75) is 31.5 Å². The molecular formula is C17H23ClF3N3O2. The molecule has 1 aliphatic rings. The highest BCUT2D eigenvalue weighted by atomic mass is 35.5. The van der Waals surface area contributed by atoms with Gasteiger partial charge in [-0.3, -0.25) is 9.59 Å². The maximum absolute atomic E-state index is 12.4. The van der Waals surface area contributed by atoms with Crippen molar-refractivity contribution in [1.29, 1.82) is 0 Å². The molecule has 9 heteroatoms. The first-order valence-corrected chi connectivity index (χ1v) is 8.11. The molecule has 3 N–H and O–H groups in total. The van der Waals surface area contributed by atoms with Crippen molar-refractivity contribution in [1.82, 2.24) is 10.2 Å². The van der Waals surface area contributed by atoms with Crippen LogP contribution in [0.4, 0.5) is 13.2 Å². The van der Waals surface area contributed by atoms with Crippen LogP contribution < -0.4 is 11.1 Å². The molecule has 5 nitrogen and oxygen atoms in total. The summed E-state index contributed by atoms with van der Waals surface area (Å²) in [7, 11) is 0. The zero-order valence-corrected chi connectivity index (χ0v) is 15.2. The van der Waals surface area contributed by atoms with Crippen LogP contribution in [0.5, 0.6) is 0 Å². The van der Waals surface area contributed by atoms with Gasteiger partial charge in [-0.15, -0.1) is 12.4 Å². The Bertz CT molecular complexity index is 615. The summed E-state index contributed by atoms with van der Waals surface area (Å²) in [6, 6.07) is 8.94. The quantitative estimate of drug-likeness (QED) is 0.823. The minimum Gasteiger partial charge on any atom is -0.354 e. The SMILES string of the molecule is CC(N)(C(=O)NCC1CCN(C(=O)C(F)(F)F)CC1)c1ccccc1.Cl. The maximum atomic E-state index is 12.4. The molecule has 1 fully saturated rings. The summed E-state index contributed by atoms with van der Waals surface area (Å²) < 4.78 is 37.2. The number of hydrogen-bond acceptors (Lipinski definition) is 3. The van der Waals surface area contributed by atoms with E-state index in [1.54, 1.807) is 31.2 Å². The van der Waals surface area contributed by atoms with E-state index >= 15 is 0 Å². The van der Waals surface area contributed by atoms with Gasteiger partial charge in [0.2, 0.25) is 5.91 Å². The van der Waals surface area contributed by atoms with Gasteiger partial charge < -0.3 is 16.0 Å². The predicted molar refractivity (Wildman–Crippen MR) is 93.6 cm³/mol. The highest BCUT2D eigenvalue weighted by Crippen LogP contribution is 2.24. The molecule has 1 atom stereocenters. The Labute approximate surface area is 156 Å². The largest absolute Gasteiger partial charge is 0.471 e. The molecule has 1 aromatic rings. The molecule has 0 spiro atoms. The molecule has 1 unspecified atom stereocenters. The van der Waals surface area contributed by atoms with Crippen molar-refractivity contribution in [2.75, 3.05) is 19.6 Å². The molecule has 0 aromatic heterocycles. The van der Waals surface area contributed by atoms with Gasteiger partial charge >= 0.3 is 12.1 Å². The van der Waals surface area contributed by atoms with Crippen LogP contribution in [0, 0.1) is 5.92 Å². The number of alkyl halides is 3. The van der Waals surface area contributed by atoms with E-state index in [-0.39, 0.29) is 37.3 Å². The van der Waals surface area contributed by atoms with Gasteiger partial charge in [0.15, 0.2) is 0 Å². The van der Waals surface area contributed by atoms with E-state index in [1.807, 2.05) is 6.07 Å². The molecule has 1 saturated heterocycles. The summed E-state index contributed by atoms with van der Waals surface area (Å²) in [5.41, 5.74) is 5.61. The van der Waals surface area contributed by atoms with Crippen LogP contribution in [0.15, 0.2) is 30.3 Å².